The zero-order valence-corrected chi connectivity index (χ0v) is 17.0. The number of nitrogens with one attached hydrogen (secondary N) is 1. The maximum atomic E-state index is 12.7. The maximum absolute atomic E-state index is 12.7. The number of nitrogens with zero attached hydrogens (tertiary/aromatic N) is 2. The minimum Gasteiger partial charge on any atom is -0.468 e. The number of aromatic nitrogens is 2. The van der Waals surface area contributed by atoms with Crippen molar-refractivity contribution in [1.82, 2.24) is 14.5 Å². The van der Waals surface area contributed by atoms with E-state index in [0.717, 1.165) is 5.56 Å². The molecule has 0 amide bonds. The predicted octanol–water partition coefficient (Wildman–Crippen LogP) is 2.14. The summed E-state index contributed by atoms with van der Waals surface area (Å²) in [4.78, 5) is 11.9. The van der Waals surface area contributed by atoms with Crippen molar-refractivity contribution >= 4 is 39.4 Å². The van der Waals surface area contributed by atoms with Crippen molar-refractivity contribution in [2.24, 2.45) is 7.05 Å². The van der Waals surface area contributed by atoms with Crippen LogP contribution in [0, 0.1) is 6.92 Å². The second-order valence-corrected chi connectivity index (χ2v) is 8.57. The second-order valence-electron chi connectivity index (χ2n) is 5.53. The van der Waals surface area contributed by atoms with Crippen LogP contribution in [0.25, 0.3) is 0 Å². The Balaban J connectivity index is 2.13. The molecule has 0 radical (unpaired) electrons. The number of rotatable bonds is 8. The number of hydrogen-bond acceptors (Lipinski definition) is 6. The molecule has 2 aromatic rings. The Morgan fingerprint density at radius 2 is 2.04 bits per heavy atom. The fourth-order valence-electron chi connectivity index (χ4n) is 2.32. The van der Waals surface area contributed by atoms with E-state index in [0.29, 0.717) is 5.75 Å². The number of esters is 1. The number of ether oxygens (including phenoxy) is 1. The van der Waals surface area contributed by atoms with Crippen molar-refractivity contribution in [2.45, 2.75) is 23.6 Å². The van der Waals surface area contributed by atoms with Crippen LogP contribution in [0.3, 0.4) is 0 Å². The smallest absolute Gasteiger partial charge is 0.324 e. The Morgan fingerprint density at radius 3 is 2.58 bits per heavy atom. The molecular formula is C16H20ClN3O4S2. The molecular weight excluding hydrogens is 398 g/mol. The van der Waals surface area contributed by atoms with Crippen LogP contribution in [-0.2, 0) is 32.4 Å². The first-order chi connectivity index (χ1) is 12.3. The van der Waals surface area contributed by atoms with Gasteiger partial charge in [-0.3, -0.25) is 9.48 Å². The number of hydrogen-bond donors (Lipinski definition) is 1. The second kappa shape index (κ2) is 8.90. The van der Waals surface area contributed by atoms with Gasteiger partial charge in [0.05, 0.1) is 12.8 Å². The van der Waals surface area contributed by atoms with Gasteiger partial charge in [0.25, 0.3) is 0 Å². The highest BCUT2D eigenvalue weighted by molar-refractivity contribution is 7.98. The minimum absolute atomic E-state index is 0.0180. The fraction of sp³-hybridized carbons (Fsp3) is 0.375. The SMILES string of the molecule is COC(=O)C(CSCc1ccccc1)NS(=O)(=O)c1c(C)nn(C)c1Cl. The first kappa shape index (κ1) is 20.8. The number of methoxy groups -OCH3 is 1. The van der Waals surface area contributed by atoms with Gasteiger partial charge in [-0.1, -0.05) is 41.9 Å². The summed E-state index contributed by atoms with van der Waals surface area (Å²) in [7, 11) is -1.27. The van der Waals surface area contributed by atoms with Crippen LogP contribution >= 0.6 is 23.4 Å². The maximum Gasteiger partial charge on any atom is 0.324 e. The van der Waals surface area contributed by atoms with E-state index < -0.39 is 22.0 Å². The van der Waals surface area contributed by atoms with Crippen molar-refractivity contribution in [3.63, 3.8) is 0 Å². The lowest BCUT2D eigenvalue weighted by atomic mass is 10.2. The fourth-order valence-corrected chi connectivity index (χ4v) is 5.36. The van der Waals surface area contributed by atoms with Gasteiger partial charge in [-0.15, -0.1) is 0 Å². The van der Waals surface area contributed by atoms with Gasteiger partial charge < -0.3 is 4.74 Å². The van der Waals surface area contributed by atoms with Crippen LogP contribution in [0.15, 0.2) is 35.2 Å². The molecule has 10 heteroatoms. The summed E-state index contributed by atoms with van der Waals surface area (Å²) < 4.78 is 33.7. The normalized spacial score (nSPS) is 12.8. The number of aryl methyl sites for hydroxylation is 2. The molecule has 1 N–H and O–H groups in total. The van der Waals surface area contributed by atoms with Gasteiger partial charge >= 0.3 is 5.97 Å². The highest BCUT2D eigenvalue weighted by Gasteiger charge is 2.31. The number of thioether (sulfide) groups is 1. The van der Waals surface area contributed by atoms with Gasteiger partial charge in [0.2, 0.25) is 10.0 Å². The van der Waals surface area contributed by atoms with Crippen LogP contribution in [0.1, 0.15) is 11.3 Å². The third-order valence-electron chi connectivity index (χ3n) is 3.55. The highest BCUT2D eigenvalue weighted by Crippen LogP contribution is 2.24. The average molecular weight is 418 g/mol. The van der Waals surface area contributed by atoms with Gasteiger partial charge in [-0.05, 0) is 12.5 Å². The molecule has 26 heavy (non-hydrogen) atoms. The van der Waals surface area contributed by atoms with Gasteiger partial charge in [0.15, 0.2) is 0 Å². The van der Waals surface area contributed by atoms with E-state index in [4.69, 9.17) is 16.3 Å². The van der Waals surface area contributed by atoms with Crippen LogP contribution < -0.4 is 4.72 Å². The number of halogens is 1. The summed E-state index contributed by atoms with van der Waals surface area (Å²) in [6, 6.07) is 8.65. The van der Waals surface area contributed by atoms with Crippen LogP contribution in [0.5, 0.6) is 0 Å². The molecule has 0 aliphatic heterocycles. The average Bonchev–Trinajstić information content (AvgIpc) is 2.86. The van der Waals surface area contributed by atoms with Crippen LogP contribution in [0.4, 0.5) is 0 Å². The van der Waals surface area contributed by atoms with E-state index in [1.165, 1.54) is 30.5 Å². The van der Waals surface area contributed by atoms with Crippen LogP contribution in [-0.4, -0.2) is 43.1 Å². The molecule has 0 spiro atoms. The number of benzene rings is 1. The standard InChI is InChI=1S/C16H20ClN3O4S2/c1-11-14(15(17)20(2)18-11)26(22,23)19-13(16(21)24-3)10-25-9-12-7-5-4-6-8-12/h4-8,13,19H,9-10H2,1-3H3. The summed E-state index contributed by atoms with van der Waals surface area (Å²) in [5.41, 5.74) is 1.33. The summed E-state index contributed by atoms with van der Waals surface area (Å²) in [6.07, 6.45) is 0. The van der Waals surface area contributed by atoms with Crippen molar-refractivity contribution < 1.29 is 17.9 Å². The molecule has 7 nitrogen and oxygen atoms in total. The number of carbonyl (C=O) groups is 1. The zero-order valence-electron chi connectivity index (χ0n) is 14.6. The molecule has 0 aliphatic rings. The molecule has 1 atom stereocenters. The van der Waals surface area contributed by atoms with Crippen molar-refractivity contribution in [3.05, 3.63) is 46.7 Å². The van der Waals surface area contributed by atoms with Gasteiger partial charge in [0.1, 0.15) is 16.1 Å². The predicted molar refractivity (Wildman–Crippen MR) is 102 cm³/mol. The third kappa shape index (κ3) is 5.00. The Hall–Kier alpha value is -1.55. The number of carbonyl (C=O) groups excluding carboxylic acids is 1. The van der Waals surface area contributed by atoms with E-state index in [-0.39, 0.29) is 21.5 Å². The van der Waals surface area contributed by atoms with Crippen molar-refractivity contribution in [1.29, 1.82) is 0 Å². The Labute approximate surface area is 162 Å². The Morgan fingerprint density at radius 1 is 1.38 bits per heavy atom. The van der Waals surface area contributed by atoms with Crippen LogP contribution in [0.2, 0.25) is 5.15 Å². The highest BCUT2D eigenvalue weighted by atomic mass is 35.5. The van der Waals surface area contributed by atoms with E-state index in [9.17, 15) is 13.2 Å². The lowest BCUT2D eigenvalue weighted by Gasteiger charge is -2.16. The number of sulfonamides is 1. The summed E-state index contributed by atoms with van der Waals surface area (Å²) in [5, 5.41) is 3.98. The summed E-state index contributed by atoms with van der Waals surface area (Å²) >= 11 is 7.47. The van der Waals surface area contributed by atoms with Gasteiger partial charge in [0, 0.05) is 18.6 Å². The van der Waals surface area contributed by atoms with E-state index in [1.807, 2.05) is 30.3 Å². The van der Waals surface area contributed by atoms with E-state index in [1.54, 1.807) is 7.05 Å². The molecule has 1 heterocycles. The van der Waals surface area contributed by atoms with Gasteiger partial charge in [-0.25, -0.2) is 8.42 Å². The van der Waals surface area contributed by atoms with E-state index in [2.05, 4.69) is 9.82 Å². The third-order valence-corrected chi connectivity index (χ3v) is 6.82. The quantitative estimate of drug-likeness (QED) is 0.662. The molecule has 1 aromatic carbocycles. The molecule has 0 saturated carbocycles. The molecule has 0 saturated heterocycles. The Bertz CT molecular complexity index is 869. The van der Waals surface area contributed by atoms with Gasteiger partial charge in [-0.2, -0.15) is 21.6 Å². The zero-order chi connectivity index (χ0) is 19.3. The molecule has 1 unspecified atom stereocenters. The molecule has 0 fully saturated rings. The molecule has 2 rings (SSSR count). The van der Waals surface area contributed by atoms with Crippen molar-refractivity contribution in [3.8, 4) is 0 Å². The molecule has 1 aromatic heterocycles. The van der Waals surface area contributed by atoms with Crippen molar-refractivity contribution in [2.75, 3.05) is 12.9 Å². The Kier molecular flexibility index (Phi) is 7.10. The molecule has 142 valence electrons. The largest absolute Gasteiger partial charge is 0.468 e. The monoisotopic (exact) mass is 417 g/mol. The lowest BCUT2D eigenvalue weighted by Crippen LogP contribution is -2.43. The minimum atomic E-state index is -4.03. The first-order valence-corrected chi connectivity index (χ1v) is 10.7. The summed E-state index contributed by atoms with van der Waals surface area (Å²) in [5.74, 6) is 0.201. The molecule has 0 bridgehead atoms. The lowest BCUT2D eigenvalue weighted by molar-refractivity contribution is -0.141. The first-order valence-electron chi connectivity index (χ1n) is 7.67. The topological polar surface area (TPSA) is 90.3 Å². The summed E-state index contributed by atoms with van der Waals surface area (Å²) in [6.45, 7) is 1.54. The van der Waals surface area contributed by atoms with E-state index >= 15 is 0 Å². The molecule has 0 aliphatic carbocycles.